The van der Waals surface area contributed by atoms with Gasteiger partial charge in [0.2, 0.25) is 0 Å². The SMILES string of the molecule is B=N[Si](C)(C)c1ccc([Si](C)(C)CCC2CC3CC2C([Si](C)(C)c2ccc([Si](C)(C)B=N)cc2)C3)cc1. The van der Waals surface area contributed by atoms with Crippen LogP contribution in [0, 0.1) is 23.1 Å². The Hall–Kier alpha value is -0.963. The zero-order valence-corrected chi connectivity index (χ0v) is 28.7. The van der Waals surface area contributed by atoms with Crippen molar-refractivity contribution in [1.29, 1.82) is 5.31 Å². The van der Waals surface area contributed by atoms with Crippen LogP contribution in [-0.2, 0) is 0 Å². The van der Waals surface area contributed by atoms with Crippen molar-refractivity contribution in [3.63, 3.8) is 0 Å². The van der Waals surface area contributed by atoms with Crippen LogP contribution in [0.4, 0.5) is 0 Å². The first-order valence-electron chi connectivity index (χ1n) is 14.4. The first-order chi connectivity index (χ1) is 17.2. The molecule has 0 saturated heterocycles. The molecule has 37 heavy (non-hydrogen) atoms. The maximum absolute atomic E-state index is 7.86. The number of fused-ring (bicyclic) bond motifs is 2. The summed E-state index contributed by atoms with van der Waals surface area (Å²) in [7, 11) is -2.59. The second-order valence-corrected chi connectivity index (χ2v) is 32.4. The van der Waals surface area contributed by atoms with E-state index in [1.54, 1.807) is 17.0 Å². The summed E-state index contributed by atoms with van der Waals surface area (Å²) in [5.41, 5.74) is 0.928. The molecular formula is C29H48B2N2Si4. The number of benzene rings is 2. The van der Waals surface area contributed by atoms with Crippen molar-refractivity contribution in [2.75, 3.05) is 0 Å². The van der Waals surface area contributed by atoms with Gasteiger partial charge in [-0.15, -0.1) is 0 Å². The van der Waals surface area contributed by atoms with E-state index in [1.165, 1.54) is 42.1 Å². The van der Waals surface area contributed by atoms with Gasteiger partial charge in [0.15, 0.2) is 0 Å². The van der Waals surface area contributed by atoms with Gasteiger partial charge in [-0.25, -0.2) is 0 Å². The monoisotopic (exact) mass is 558 g/mol. The van der Waals surface area contributed by atoms with Gasteiger partial charge in [-0.3, -0.25) is 0 Å². The van der Waals surface area contributed by atoms with Crippen molar-refractivity contribution in [2.24, 2.45) is 22.3 Å². The van der Waals surface area contributed by atoms with Crippen molar-refractivity contribution in [3.8, 4) is 0 Å². The molecule has 2 aliphatic carbocycles. The quantitative estimate of drug-likeness (QED) is 0.380. The van der Waals surface area contributed by atoms with E-state index in [4.69, 9.17) is 5.31 Å². The van der Waals surface area contributed by atoms with E-state index in [0.29, 0.717) is 0 Å². The normalized spacial score (nSPS) is 24.2. The van der Waals surface area contributed by atoms with Gasteiger partial charge in [-0.2, -0.15) is 0 Å². The van der Waals surface area contributed by atoms with Gasteiger partial charge >= 0.3 is 233 Å². The first kappa shape index (κ1) is 29.0. The zero-order chi connectivity index (χ0) is 27.2. The van der Waals surface area contributed by atoms with Gasteiger partial charge in [0, 0.05) is 0 Å². The summed E-state index contributed by atoms with van der Waals surface area (Å²) in [6, 6.07) is 20.6. The van der Waals surface area contributed by atoms with E-state index in [2.05, 4.69) is 113 Å². The molecule has 1 N–H and O–H groups in total. The predicted octanol–water partition coefficient (Wildman–Crippen LogP) is 5.40. The summed E-state index contributed by atoms with van der Waals surface area (Å²) in [5.74, 6) is 2.84. The van der Waals surface area contributed by atoms with Crippen LogP contribution < -0.4 is 20.7 Å². The minimum absolute atomic E-state index is 0.928. The van der Waals surface area contributed by atoms with E-state index in [9.17, 15) is 0 Å². The third-order valence-electron chi connectivity index (χ3n) is 10.5. The number of hydrogen-bond acceptors (Lipinski definition) is 2. The first-order valence-corrected chi connectivity index (χ1v) is 26.7. The zero-order valence-electron chi connectivity index (χ0n) is 24.7. The van der Waals surface area contributed by atoms with Crippen LogP contribution >= 0.6 is 0 Å². The van der Waals surface area contributed by atoms with Crippen molar-refractivity contribution in [2.45, 2.75) is 89.6 Å². The Labute approximate surface area is 232 Å². The van der Waals surface area contributed by atoms with E-state index >= 15 is 0 Å². The van der Waals surface area contributed by atoms with Crippen molar-refractivity contribution < 1.29 is 0 Å². The molecule has 0 radical (unpaired) electrons. The fraction of sp³-hybridized carbons (Fsp3) is 0.586. The summed E-state index contributed by atoms with van der Waals surface area (Å²) in [4.78, 5) is 0. The Balaban J connectivity index is 1.44. The number of nitrogens with one attached hydrogen (secondary N) is 1. The van der Waals surface area contributed by atoms with Crippen molar-refractivity contribution in [1.82, 2.24) is 0 Å². The molecule has 2 fully saturated rings. The third-order valence-corrected chi connectivity index (χ3v) is 23.4. The van der Waals surface area contributed by atoms with E-state index < -0.39 is 32.3 Å². The van der Waals surface area contributed by atoms with Crippen LogP contribution in [-0.4, -0.2) is 46.6 Å². The summed E-state index contributed by atoms with van der Waals surface area (Å²) in [5, 5.41) is 13.9. The molecule has 2 saturated carbocycles. The standard InChI is InChI=1S/C29H48B2N2Si4/c1-34(2,24-9-15-27(16-10-24)37(7,8)33-30)18-17-23-19-22-20-28(23)29(21-22)35(3,4)25-11-13-26(14-12-25)36(5,6)31-32/h9-16,22-23,28-30,32H,17-21H2,1-8H3. The molecule has 4 atom stereocenters. The molecule has 2 bridgehead atoms. The molecule has 8 heteroatoms. The molecule has 0 spiro atoms. The Morgan fingerprint density at radius 3 is 1.86 bits per heavy atom. The van der Waals surface area contributed by atoms with E-state index in [0.717, 1.165) is 23.3 Å². The molecular weight excluding hydrogens is 510 g/mol. The Kier molecular flexibility index (Phi) is 8.28. The minimum atomic E-state index is -1.73. The number of rotatable bonds is 10. The summed E-state index contributed by atoms with van der Waals surface area (Å²) in [6.45, 7) is 21.3. The molecule has 0 amide bonds. The Bertz CT molecular complexity index is 1130. The van der Waals surface area contributed by atoms with Crippen LogP contribution in [0.15, 0.2) is 53.1 Å². The maximum atomic E-state index is 7.86. The van der Waals surface area contributed by atoms with Gasteiger partial charge in [-0.05, 0) is 0 Å². The van der Waals surface area contributed by atoms with Crippen LogP contribution in [0.2, 0.25) is 64.0 Å². The molecule has 2 aliphatic rings. The fourth-order valence-electron chi connectivity index (χ4n) is 7.40. The molecule has 0 heterocycles. The average Bonchev–Trinajstić information content (AvgIpc) is 3.49. The van der Waals surface area contributed by atoms with Gasteiger partial charge < -0.3 is 0 Å². The Morgan fingerprint density at radius 1 is 0.784 bits per heavy atom. The molecule has 2 aromatic rings. The van der Waals surface area contributed by atoms with Crippen LogP contribution in [0.1, 0.15) is 25.7 Å². The van der Waals surface area contributed by atoms with E-state index in [1.807, 2.05) is 0 Å². The average molecular weight is 559 g/mol. The van der Waals surface area contributed by atoms with Gasteiger partial charge in [0.1, 0.15) is 0 Å². The van der Waals surface area contributed by atoms with E-state index in [-0.39, 0.29) is 0 Å². The molecule has 4 rings (SSSR count). The molecule has 196 valence electrons. The summed E-state index contributed by atoms with van der Waals surface area (Å²) < 4.78 is 4.46. The van der Waals surface area contributed by atoms with Crippen LogP contribution in [0.3, 0.4) is 0 Å². The molecule has 0 aliphatic heterocycles. The fourth-order valence-corrected chi connectivity index (χ4v) is 16.1. The van der Waals surface area contributed by atoms with Crippen molar-refractivity contribution >= 4 is 67.4 Å². The second kappa shape index (κ2) is 10.5. The molecule has 2 aromatic carbocycles. The van der Waals surface area contributed by atoms with Gasteiger partial charge in [-0.1, -0.05) is 0 Å². The second-order valence-electron chi connectivity index (χ2n) is 14.5. The van der Waals surface area contributed by atoms with Gasteiger partial charge in [0.05, 0.1) is 0 Å². The van der Waals surface area contributed by atoms with Crippen molar-refractivity contribution in [3.05, 3.63) is 48.5 Å². The van der Waals surface area contributed by atoms with Crippen LogP contribution in [0.25, 0.3) is 0 Å². The topological polar surface area (TPSA) is 36.2 Å². The number of hydrogen-bond donors (Lipinski definition) is 1. The predicted molar refractivity (Wildman–Crippen MR) is 177 cm³/mol. The van der Waals surface area contributed by atoms with Gasteiger partial charge in [0.25, 0.3) is 0 Å². The summed E-state index contributed by atoms with van der Waals surface area (Å²) in [6.07, 6.45) is 5.87. The summed E-state index contributed by atoms with van der Waals surface area (Å²) >= 11 is 0. The number of nitrogens with zero attached hydrogens (tertiary/aromatic N) is 1. The molecule has 4 unspecified atom stereocenters. The molecule has 0 aromatic heterocycles. The Morgan fingerprint density at radius 2 is 1.32 bits per heavy atom. The third kappa shape index (κ3) is 5.82. The van der Waals surface area contributed by atoms with Crippen LogP contribution in [0.5, 0.6) is 0 Å². The molecule has 2 nitrogen and oxygen atoms in total.